The fourth-order valence-electron chi connectivity index (χ4n) is 2.46. The highest BCUT2D eigenvalue weighted by molar-refractivity contribution is 7.98. The minimum Gasteiger partial charge on any atom is -0.370 e. The largest absolute Gasteiger partial charge is 0.370 e. The van der Waals surface area contributed by atoms with Crippen molar-refractivity contribution in [2.45, 2.75) is 28.6 Å². The third-order valence-corrected chi connectivity index (χ3v) is 6.05. The van der Waals surface area contributed by atoms with Crippen LogP contribution in [0.1, 0.15) is 17.8 Å². The first-order valence-corrected chi connectivity index (χ1v) is 10.5. The molecule has 0 atom stereocenters. The van der Waals surface area contributed by atoms with Crippen molar-refractivity contribution in [2.24, 2.45) is 12.8 Å². The monoisotopic (exact) mass is 407 g/mol. The standard InChI is InChI=1S/C17H18ClN5OS2/c1-23-15(6-5-14(19)24)21-22-17(23)26-9-11-7-10-3-4-12(25-2)8-13(10)20-16(11)18/h3-4,7-8H,5-6,9H2,1-2H3,(H2,19,24). The van der Waals surface area contributed by atoms with E-state index >= 15 is 0 Å². The van der Waals surface area contributed by atoms with Gasteiger partial charge < -0.3 is 10.3 Å². The molecule has 0 spiro atoms. The second-order valence-electron chi connectivity index (χ2n) is 5.71. The van der Waals surface area contributed by atoms with E-state index in [1.54, 1.807) is 11.8 Å². The van der Waals surface area contributed by atoms with Gasteiger partial charge in [0.15, 0.2) is 5.16 Å². The summed E-state index contributed by atoms with van der Waals surface area (Å²) in [5.74, 6) is 1.02. The van der Waals surface area contributed by atoms with Crippen LogP contribution in [-0.2, 0) is 24.0 Å². The van der Waals surface area contributed by atoms with Crippen LogP contribution in [-0.4, -0.2) is 31.9 Å². The minimum absolute atomic E-state index is 0.259. The molecule has 0 saturated carbocycles. The number of carbonyl (C=O) groups excluding carboxylic acids is 1. The van der Waals surface area contributed by atoms with Crippen molar-refractivity contribution in [2.75, 3.05) is 6.26 Å². The Bertz CT molecular complexity index is 960. The summed E-state index contributed by atoms with van der Waals surface area (Å²) >= 11 is 9.58. The van der Waals surface area contributed by atoms with Crippen molar-refractivity contribution in [3.63, 3.8) is 0 Å². The number of halogens is 1. The van der Waals surface area contributed by atoms with Gasteiger partial charge in [0.2, 0.25) is 5.91 Å². The molecule has 9 heteroatoms. The third-order valence-electron chi connectivity index (χ3n) is 3.93. The molecule has 2 N–H and O–H groups in total. The summed E-state index contributed by atoms with van der Waals surface area (Å²) in [7, 11) is 1.88. The first-order valence-electron chi connectivity index (χ1n) is 7.90. The maximum atomic E-state index is 10.9. The molecule has 0 unspecified atom stereocenters. The van der Waals surface area contributed by atoms with Gasteiger partial charge in [-0.2, -0.15) is 0 Å². The average Bonchev–Trinajstić information content (AvgIpc) is 2.97. The van der Waals surface area contributed by atoms with E-state index < -0.39 is 0 Å². The number of fused-ring (bicyclic) bond motifs is 1. The summed E-state index contributed by atoms with van der Waals surface area (Å²) in [6.45, 7) is 0. The van der Waals surface area contributed by atoms with E-state index in [1.165, 1.54) is 11.8 Å². The molecular weight excluding hydrogens is 390 g/mol. The molecule has 1 amide bonds. The molecule has 0 aliphatic rings. The summed E-state index contributed by atoms with van der Waals surface area (Å²) in [4.78, 5) is 16.6. The molecule has 0 radical (unpaired) electrons. The van der Waals surface area contributed by atoms with Crippen LogP contribution in [0.2, 0.25) is 5.15 Å². The van der Waals surface area contributed by atoms with Crippen LogP contribution in [0, 0.1) is 0 Å². The second-order valence-corrected chi connectivity index (χ2v) is 7.89. The fourth-order valence-corrected chi connectivity index (χ4v) is 4.09. The Morgan fingerprint density at radius 2 is 2.12 bits per heavy atom. The number of benzene rings is 1. The van der Waals surface area contributed by atoms with Gasteiger partial charge in [-0.1, -0.05) is 29.4 Å². The number of aromatic nitrogens is 4. The molecule has 0 fully saturated rings. The molecular formula is C17H18ClN5OS2. The number of nitrogens with zero attached hydrogens (tertiary/aromatic N) is 4. The van der Waals surface area contributed by atoms with Gasteiger partial charge in [-0.25, -0.2) is 4.98 Å². The SMILES string of the molecule is CSc1ccc2cc(CSc3nnc(CCC(N)=O)n3C)c(Cl)nc2c1. The Balaban J connectivity index is 1.75. The number of hydrogen-bond donors (Lipinski definition) is 1. The quantitative estimate of drug-likeness (QED) is 0.476. The molecule has 3 rings (SSSR count). The van der Waals surface area contributed by atoms with Gasteiger partial charge in [0.25, 0.3) is 0 Å². The van der Waals surface area contributed by atoms with Crippen LogP contribution in [0.15, 0.2) is 34.3 Å². The van der Waals surface area contributed by atoms with Crippen molar-refractivity contribution in [3.05, 3.63) is 40.8 Å². The molecule has 2 aromatic heterocycles. The van der Waals surface area contributed by atoms with E-state index in [0.29, 0.717) is 17.3 Å². The minimum atomic E-state index is -0.346. The number of aryl methyl sites for hydroxylation is 1. The summed E-state index contributed by atoms with van der Waals surface area (Å²) in [6, 6.07) is 8.23. The van der Waals surface area contributed by atoms with Crippen molar-refractivity contribution in [1.29, 1.82) is 0 Å². The van der Waals surface area contributed by atoms with E-state index in [0.717, 1.165) is 32.3 Å². The van der Waals surface area contributed by atoms with E-state index in [4.69, 9.17) is 17.3 Å². The first-order chi connectivity index (χ1) is 12.5. The molecule has 26 heavy (non-hydrogen) atoms. The highest BCUT2D eigenvalue weighted by Gasteiger charge is 2.12. The van der Waals surface area contributed by atoms with Crippen molar-refractivity contribution >= 4 is 51.9 Å². The highest BCUT2D eigenvalue weighted by Crippen LogP contribution is 2.29. The van der Waals surface area contributed by atoms with Gasteiger partial charge in [-0.15, -0.1) is 22.0 Å². The number of primary amides is 1. The van der Waals surface area contributed by atoms with Gasteiger partial charge in [0, 0.05) is 41.5 Å². The van der Waals surface area contributed by atoms with Crippen LogP contribution >= 0.6 is 35.1 Å². The fraction of sp³-hybridized carbons (Fsp3) is 0.294. The van der Waals surface area contributed by atoms with Crippen molar-refractivity contribution in [1.82, 2.24) is 19.7 Å². The number of rotatable bonds is 7. The number of carbonyl (C=O) groups is 1. The van der Waals surface area contributed by atoms with E-state index in [2.05, 4.69) is 33.4 Å². The van der Waals surface area contributed by atoms with Gasteiger partial charge in [-0.3, -0.25) is 4.79 Å². The predicted molar refractivity (Wildman–Crippen MR) is 107 cm³/mol. The predicted octanol–water partition coefficient (Wildman–Crippen LogP) is 3.45. The lowest BCUT2D eigenvalue weighted by Gasteiger charge is -2.07. The van der Waals surface area contributed by atoms with Gasteiger partial charge in [-0.05, 0) is 24.5 Å². The van der Waals surface area contributed by atoms with Gasteiger partial charge in [0.1, 0.15) is 11.0 Å². The Morgan fingerprint density at radius 3 is 2.85 bits per heavy atom. The molecule has 136 valence electrons. The van der Waals surface area contributed by atoms with Crippen molar-refractivity contribution < 1.29 is 4.79 Å². The Labute approximate surface area is 164 Å². The first kappa shape index (κ1) is 19.0. The number of hydrogen-bond acceptors (Lipinski definition) is 6. The smallest absolute Gasteiger partial charge is 0.217 e. The highest BCUT2D eigenvalue weighted by atomic mass is 35.5. The topological polar surface area (TPSA) is 86.7 Å². The van der Waals surface area contributed by atoms with Gasteiger partial charge in [0.05, 0.1) is 5.52 Å². The zero-order valence-corrected chi connectivity index (χ0v) is 16.8. The Morgan fingerprint density at radius 1 is 1.31 bits per heavy atom. The number of pyridine rings is 1. The number of thioether (sulfide) groups is 2. The Hall–Kier alpha value is -1.77. The lowest BCUT2D eigenvalue weighted by molar-refractivity contribution is -0.118. The van der Waals surface area contributed by atoms with Crippen molar-refractivity contribution in [3.8, 4) is 0 Å². The Kier molecular flexibility index (Phi) is 6.05. The summed E-state index contributed by atoms with van der Waals surface area (Å²) in [6.07, 6.45) is 2.77. The third kappa shape index (κ3) is 4.31. The zero-order chi connectivity index (χ0) is 18.7. The van der Waals surface area contributed by atoms with Crippen LogP contribution in [0.3, 0.4) is 0 Å². The molecule has 0 aliphatic carbocycles. The lowest BCUT2D eigenvalue weighted by Crippen LogP contribution is -2.12. The molecule has 0 bridgehead atoms. The molecule has 0 saturated heterocycles. The average molecular weight is 408 g/mol. The normalized spacial score (nSPS) is 11.2. The van der Waals surface area contributed by atoms with Crippen LogP contribution in [0.5, 0.6) is 0 Å². The maximum absolute atomic E-state index is 10.9. The molecule has 3 aromatic rings. The molecule has 1 aromatic carbocycles. The molecule has 0 aliphatic heterocycles. The van der Waals surface area contributed by atoms with Crippen LogP contribution < -0.4 is 5.73 Å². The molecule has 2 heterocycles. The number of amides is 1. The number of nitrogens with two attached hydrogens (primary N) is 1. The zero-order valence-electron chi connectivity index (χ0n) is 14.4. The van der Waals surface area contributed by atoms with Gasteiger partial charge >= 0.3 is 0 Å². The van der Waals surface area contributed by atoms with E-state index in [-0.39, 0.29) is 12.3 Å². The van der Waals surface area contributed by atoms with E-state index in [1.807, 2.05) is 23.9 Å². The summed E-state index contributed by atoms with van der Waals surface area (Å²) in [5, 5.41) is 10.6. The maximum Gasteiger partial charge on any atom is 0.217 e. The van der Waals surface area contributed by atoms with E-state index in [9.17, 15) is 4.79 Å². The second kappa shape index (κ2) is 8.28. The van der Waals surface area contributed by atoms with Crippen LogP contribution in [0.25, 0.3) is 10.9 Å². The summed E-state index contributed by atoms with van der Waals surface area (Å²) in [5.41, 5.74) is 7.03. The summed E-state index contributed by atoms with van der Waals surface area (Å²) < 4.78 is 1.88. The lowest BCUT2D eigenvalue weighted by atomic mass is 10.2. The molecule has 6 nitrogen and oxygen atoms in total. The van der Waals surface area contributed by atoms with Crippen LogP contribution in [0.4, 0.5) is 0 Å².